The van der Waals surface area contributed by atoms with Crippen LogP contribution in [0.25, 0.3) is 0 Å². The number of rotatable bonds is 2. The summed E-state index contributed by atoms with van der Waals surface area (Å²) in [5.74, 6) is -0.0721. The summed E-state index contributed by atoms with van der Waals surface area (Å²) in [5, 5.41) is 10.6. The van der Waals surface area contributed by atoms with Crippen molar-refractivity contribution in [2.75, 3.05) is 0 Å². The molecule has 1 aromatic carbocycles. The van der Waals surface area contributed by atoms with Gasteiger partial charge in [0.2, 0.25) is 0 Å². The van der Waals surface area contributed by atoms with Crippen LogP contribution in [0.5, 0.6) is 5.75 Å². The third-order valence-corrected chi connectivity index (χ3v) is 3.30. The number of carbonyl (C=O) groups excluding carboxylic acids is 1. The van der Waals surface area contributed by atoms with Gasteiger partial charge in [0, 0.05) is 11.1 Å². The summed E-state index contributed by atoms with van der Waals surface area (Å²) in [6, 6.07) is 3.49. The second kappa shape index (κ2) is 5.70. The molecule has 0 atom stereocenters. The molecule has 0 heterocycles. The average molecular weight is 292 g/mol. The van der Waals surface area contributed by atoms with Crippen LogP contribution in [0, 0.1) is 0 Å². The molecule has 1 aromatic rings. The number of benzene rings is 1. The number of esters is 1. The Bertz CT molecular complexity index is 493. The molecule has 0 fully saturated rings. The molecular formula is C18H28O3. The van der Waals surface area contributed by atoms with Crippen molar-refractivity contribution in [2.45, 2.75) is 72.3 Å². The van der Waals surface area contributed by atoms with E-state index in [-0.39, 0.29) is 28.7 Å². The molecule has 0 aromatic heterocycles. The first-order chi connectivity index (χ1) is 9.34. The van der Waals surface area contributed by atoms with Crippen molar-refractivity contribution in [1.82, 2.24) is 0 Å². The number of phenolic OH excluding ortho intramolecular Hbond substituents is 1. The molecule has 21 heavy (non-hydrogen) atoms. The van der Waals surface area contributed by atoms with Crippen LogP contribution >= 0.6 is 0 Å². The summed E-state index contributed by atoms with van der Waals surface area (Å²) in [5.41, 5.74) is 1.53. The molecule has 1 rings (SSSR count). The van der Waals surface area contributed by atoms with Gasteiger partial charge < -0.3 is 9.84 Å². The largest absolute Gasteiger partial charge is 0.507 e. The van der Waals surface area contributed by atoms with E-state index in [0.29, 0.717) is 5.56 Å². The molecule has 0 aliphatic carbocycles. The first kappa shape index (κ1) is 17.5. The highest BCUT2D eigenvalue weighted by Gasteiger charge is 2.28. The summed E-state index contributed by atoms with van der Waals surface area (Å²) in [6.45, 7) is 15.8. The van der Waals surface area contributed by atoms with Gasteiger partial charge in [0.25, 0.3) is 0 Å². The Morgan fingerprint density at radius 1 is 1.00 bits per heavy atom. The number of hydrogen-bond acceptors (Lipinski definition) is 3. The van der Waals surface area contributed by atoms with Gasteiger partial charge in [-0.3, -0.25) is 0 Å². The van der Waals surface area contributed by atoms with Crippen molar-refractivity contribution in [3.8, 4) is 5.75 Å². The van der Waals surface area contributed by atoms with Crippen LogP contribution in [0.3, 0.4) is 0 Å². The summed E-state index contributed by atoms with van der Waals surface area (Å²) in [4.78, 5) is 12.2. The Morgan fingerprint density at radius 3 is 1.67 bits per heavy atom. The zero-order chi connectivity index (χ0) is 16.6. The molecule has 0 aliphatic heterocycles. The lowest BCUT2D eigenvalue weighted by Crippen LogP contribution is -2.20. The van der Waals surface area contributed by atoms with Crippen molar-refractivity contribution in [1.29, 1.82) is 0 Å². The van der Waals surface area contributed by atoms with Crippen molar-refractivity contribution < 1.29 is 14.6 Å². The van der Waals surface area contributed by atoms with Gasteiger partial charge in [-0.05, 0) is 36.8 Å². The lowest BCUT2D eigenvalue weighted by atomic mass is 9.78. The van der Waals surface area contributed by atoms with Crippen LogP contribution in [0.4, 0.5) is 0 Å². The van der Waals surface area contributed by atoms with Crippen LogP contribution in [-0.2, 0) is 15.6 Å². The lowest BCUT2D eigenvalue weighted by molar-refractivity contribution is 0.0377. The second-order valence-electron chi connectivity index (χ2n) is 7.87. The van der Waals surface area contributed by atoms with E-state index < -0.39 is 0 Å². The normalized spacial score (nSPS) is 12.6. The van der Waals surface area contributed by atoms with Crippen LogP contribution in [0.1, 0.15) is 76.9 Å². The van der Waals surface area contributed by atoms with E-state index in [1.807, 2.05) is 55.4 Å². The Morgan fingerprint density at radius 2 is 1.38 bits per heavy atom. The molecule has 3 heteroatoms. The predicted molar refractivity (Wildman–Crippen MR) is 86.1 cm³/mol. The van der Waals surface area contributed by atoms with Gasteiger partial charge >= 0.3 is 5.97 Å². The minimum Gasteiger partial charge on any atom is -0.507 e. The monoisotopic (exact) mass is 292 g/mol. The van der Waals surface area contributed by atoms with Gasteiger partial charge in [0.05, 0.1) is 11.7 Å². The third-order valence-electron chi connectivity index (χ3n) is 3.30. The van der Waals surface area contributed by atoms with Crippen molar-refractivity contribution in [3.05, 3.63) is 28.8 Å². The van der Waals surface area contributed by atoms with E-state index >= 15 is 0 Å². The zero-order valence-corrected chi connectivity index (χ0v) is 14.5. The first-order valence-electron chi connectivity index (χ1n) is 7.43. The highest BCUT2D eigenvalue weighted by molar-refractivity contribution is 5.90. The van der Waals surface area contributed by atoms with Crippen molar-refractivity contribution in [2.24, 2.45) is 0 Å². The molecule has 0 amide bonds. The van der Waals surface area contributed by atoms with Gasteiger partial charge in [0.15, 0.2) is 0 Å². The van der Waals surface area contributed by atoms with E-state index in [1.54, 1.807) is 12.1 Å². The van der Waals surface area contributed by atoms with Crippen LogP contribution in [0.15, 0.2) is 12.1 Å². The fraction of sp³-hybridized carbons (Fsp3) is 0.611. The maximum Gasteiger partial charge on any atom is 0.338 e. The second-order valence-corrected chi connectivity index (χ2v) is 7.87. The molecule has 0 unspecified atom stereocenters. The Balaban J connectivity index is 3.51. The summed E-state index contributed by atoms with van der Waals surface area (Å²) in [6.07, 6.45) is -0.164. The fourth-order valence-corrected chi connectivity index (χ4v) is 2.18. The van der Waals surface area contributed by atoms with Crippen LogP contribution < -0.4 is 0 Å². The average Bonchev–Trinajstić information content (AvgIpc) is 2.24. The minimum atomic E-state index is -0.346. The smallest absolute Gasteiger partial charge is 0.338 e. The molecule has 118 valence electrons. The van der Waals surface area contributed by atoms with Gasteiger partial charge in [-0.1, -0.05) is 41.5 Å². The van der Waals surface area contributed by atoms with Gasteiger partial charge in [0.1, 0.15) is 5.75 Å². The molecule has 0 saturated heterocycles. The number of aromatic hydroxyl groups is 1. The topological polar surface area (TPSA) is 46.5 Å². The van der Waals surface area contributed by atoms with Gasteiger partial charge in [-0.25, -0.2) is 4.79 Å². The quantitative estimate of drug-likeness (QED) is 0.813. The van der Waals surface area contributed by atoms with Crippen molar-refractivity contribution in [3.63, 3.8) is 0 Å². The lowest BCUT2D eigenvalue weighted by Gasteiger charge is -2.28. The Kier molecular flexibility index (Phi) is 4.76. The van der Waals surface area contributed by atoms with E-state index in [0.717, 1.165) is 11.1 Å². The van der Waals surface area contributed by atoms with Crippen molar-refractivity contribution >= 4 is 5.97 Å². The molecule has 0 radical (unpaired) electrons. The highest BCUT2D eigenvalue weighted by atomic mass is 16.5. The number of ether oxygens (including phenoxy) is 1. The van der Waals surface area contributed by atoms with Gasteiger partial charge in [-0.15, -0.1) is 0 Å². The fourth-order valence-electron chi connectivity index (χ4n) is 2.18. The van der Waals surface area contributed by atoms with E-state index in [1.165, 1.54) is 0 Å². The third kappa shape index (κ3) is 4.23. The van der Waals surface area contributed by atoms with Gasteiger partial charge in [-0.2, -0.15) is 0 Å². The maximum absolute atomic E-state index is 12.2. The Labute approximate surface area is 128 Å². The van der Waals surface area contributed by atoms with Crippen LogP contribution in [-0.4, -0.2) is 17.2 Å². The molecule has 0 saturated carbocycles. The molecule has 0 aliphatic rings. The predicted octanol–water partition coefficient (Wildman–Crippen LogP) is 4.55. The van der Waals surface area contributed by atoms with Crippen LogP contribution in [0.2, 0.25) is 0 Å². The molecule has 0 spiro atoms. The molecule has 3 nitrogen and oxygen atoms in total. The van der Waals surface area contributed by atoms with E-state index in [9.17, 15) is 9.90 Å². The Hall–Kier alpha value is -1.51. The minimum absolute atomic E-state index is 0.164. The highest BCUT2D eigenvalue weighted by Crippen LogP contribution is 2.39. The SMILES string of the molecule is CC(C)OC(=O)c1cc(C(C)(C)C)c(O)c(C(C)(C)C)c1. The standard InChI is InChI=1S/C18H28O3/c1-11(2)21-16(20)12-9-13(17(3,4)5)15(19)14(10-12)18(6,7)8/h9-11,19H,1-8H3. The molecule has 1 N–H and O–H groups in total. The summed E-state index contributed by atoms with van der Waals surface area (Å²) >= 11 is 0. The number of hydrogen-bond donors (Lipinski definition) is 1. The molecular weight excluding hydrogens is 264 g/mol. The molecule has 0 bridgehead atoms. The first-order valence-corrected chi connectivity index (χ1v) is 7.43. The zero-order valence-electron chi connectivity index (χ0n) is 14.5. The van der Waals surface area contributed by atoms with E-state index in [4.69, 9.17) is 4.74 Å². The summed E-state index contributed by atoms with van der Waals surface area (Å²) < 4.78 is 5.29. The number of carbonyl (C=O) groups is 1. The number of phenols is 1. The van der Waals surface area contributed by atoms with E-state index in [2.05, 4.69) is 0 Å². The summed E-state index contributed by atoms with van der Waals surface area (Å²) in [7, 11) is 0. The maximum atomic E-state index is 12.2.